The van der Waals surface area contributed by atoms with Crippen molar-refractivity contribution >= 4 is 0 Å². The Hall–Kier alpha value is -0.120. The lowest BCUT2D eigenvalue weighted by molar-refractivity contribution is 0.0805. The van der Waals surface area contributed by atoms with Crippen LogP contribution in [-0.4, -0.2) is 49.5 Å². The molecule has 0 aromatic rings. The molecule has 0 aromatic carbocycles. The van der Waals surface area contributed by atoms with E-state index < -0.39 is 0 Å². The molecule has 0 spiro atoms. The summed E-state index contributed by atoms with van der Waals surface area (Å²) in [5, 5.41) is 9.20. The third-order valence-electron chi connectivity index (χ3n) is 2.87. The molecule has 1 aliphatic rings. The van der Waals surface area contributed by atoms with Crippen molar-refractivity contribution in [1.82, 2.24) is 4.90 Å². The van der Waals surface area contributed by atoms with Crippen molar-refractivity contribution in [3.05, 3.63) is 0 Å². The minimum atomic E-state index is -0.169. The maximum absolute atomic E-state index is 9.20. The average Bonchev–Trinajstić information content (AvgIpc) is 2.16. The van der Waals surface area contributed by atoms with Crippen LogP contribution in [0, 0.1) is 5.92 Å². The van der Waals surface area contributed by atoms with Crippen molar-refractivity contribution in [3.63, 3.8) is 0 Å². The molecule has 1 N–H and O–H groups in total. The zero-order valence-electron chi connectivity index (χ0n) is 9.41. The minimum Gasteiger partial charge on any atom is -0.393 e. The van der Waals surface area contributed by atoms with Gasteiger partial charge in [0.25, 0.3) is 0 Å². The zero-order valence-corrected chi connectivity index (χ0v) is 9.41. The van der Waals surface area contributed by atoms with Gasteiger partial charge in [0.1, 0.15) is 0 Å². The summed E-state index contributed by atoms with van der Waals surface area (Å²) in [5.41, 5.74) is 0. The van der Waals surface area contributed by atoms with Gasteiger partial charge in [-0.25, -0.2) is 0 Å². The Morgan fingerprint density at radius 1 is 1.57 bits per heavy atom. The number of aliphatic hydroxyl groups is 1. The first-order valence-electron chi connectivity index (χ1n) is 5.61. The SMILES string of the molecule is COCC1CCCN(CCC(C)O)C1. The zero-order chi connectivity index (χ0) is 10.4. The highest BCUT2D eigenvalue weighted by Crippen LogP contribution is 2.16. The van der Waals surface area contributed by atoms with E-state index >= 15 is 0 Å². The summed E-state index contributed by atoms with van der Waals surface area (Å²) in [5.74, 6) is 0.697. The van der Waals surface area contributed by atoms with Gasteiger partial charge < -0.3 is 14.7 Å². The van der Waals surface area contributed by atoms with Crippen LogP contribution in [0.3, 0.4) is 0 Å². The fourth-order valence-electron chi connectivity index (χ4n) is 2.10. The van der Waals surface area contributed by atoms with Crippen LogP contribution in [0.2, 0.25) is 0 Å². The monoisotopic (exact) mass is 201 g/mol. The van der Waals surface area contributed by atoms with Gasteiger partial charge in [-0.2, -0.15) is 0 Å². The molecule has 14 heavy (non-hydrogen) atoms. The Morgan fingerprint density at radius 3 is 3.00 bits per heavy atom. The number of piperidine rings is 1. The molecule has 0 radical (unpaired) electrons. The minimum absolute atomic E-state index is 0.169. The number of likely N-dealkylation sites (tertiary alicyclic amines) is 1. The second kappa shape index (κ2) is 6.38. The third-order valence-corrected chi connectivity index (χ3v) is 2.87. The maximum Gasteiger partial charge on any atom is 0.0524 e. The molecule has 0 aromatic heterocycles. The molecule has 0 saturated carbocycles. The number of methoxy groups -OCH3 is 1. The topological polar surface area (TPSA) is 32.7 Å². The van der Waals surface area contributed by atoms with E-state index in [1.807, 2.05) is 6.92 Å². The van der Waals surface area contributed by atoms with E-state index in [9.17, 15) is 5.11 Å². The summed E-state index contributed by atoms with van der Waals surface area (Å²) < 4.78 is 5.18. The Kier molecular flexibility index (Phi) is 5.45. The number of rotatable bonds is 5. The first-order valence-corrected chi connectivity index (χ1v) is 5.61. The summed E-state index contributed by atoms with van der Waals surface area (Å²) in [6.07, 6.45) is 3.28. The third kappa shape index (κ3) is 4.40. The van der Waals surface area contributed by atoms with E-state index in [4.69, 9.17) is 4.74 Å². The Bertz CT molecular complexity index is 148. The second-order valence-corrected chi connectivity index (χ2v) is 4.40. The van der Waals surface area contributed by atoms with Gasteiger partial charge in [0, 0.05) is 20.2 Å². The number of aliphatic hydroxyl groups excluding tert-OH is 1. The highest BCUT2D eigenvalue weighted by Gasteiger charge is 2.19. The highest BCUT2D eigenvalue weighted by molar-refractivity contribution is 4.73. The number of ether oxygens (including phenoxy) is 1. The van der Waals surface area contributed by atoms with E-state index in [1.54, 1.807) is 7.11 Å². The summed E-state index contributed by atoms with van der Waals surface area (Å²) in [6.45, 7) is 6.09. The number of nitrogens with zero attached hydrogens (tertiary/aromatic N) is 1. The molecule has 84 valence electrons. The largest absolute Gasteiger partial charge is 0.393 e. The van der Waals surface area contributed by atoms with E-state index in [0.717, 1.165) is 26.1 Å². The summed E-state index contributed by atoms with van der Waals surface area (Å²) >= 11 is 0. The fourth-order valence-corrected chi connectivity index (χ4v) is 2.10. The van der Waals surface area contributed by atoms with Crippen LogP contribution in [0.1, 0.15) is 26.2 Å². The van der Waals surface area contributed by atoms with Crippen molar-refractivity contribution in [2.45, 2.75) is 32.3 Å². The van der Waals surface area contributed by atoms with Crippen molar-refractivity contribution in [2.24, 2.45) is 5.92 Å². The fraction of sp³-hybridized carbons (Fsp3) is 1.00. The van der Waals surface area contributed by atoms with Crippen LogP contribution in [0.25, 0.3) is 0 Å². The van der Waals surface area contributed by atoms with Crippen molar-refractivity contribution in [1.29, 1.82) is 0 Å². The lowest BCUT2D eigenvalue weighted by Gasteiger charge is -2.32. The predicted octanol–water partition coefficient (Wildman–Crippen LogP) is 1.12. The molecule has 0 amide bonds. The van der Waals surface area contributed by atoms with Gasteiger partial charge in [0.05, 0.1) is 12.7 Å². The van der Waals surface area contributed by atoms with E-state index in [2.05, 4.69) is 4.90 Å². The molecule has 1 saturated heterocycles. The lowest BCUT2D eigenvalue weighted by atomic mass is 9.99. The first kappa shape index (κ1) is 12.0. The van der Waals surface area contributed by atoms with Crippen LogP contribution in [0.4, 0.5) is 0 Å². The first-order chi connectivity index (χ1) is 6.72. The molecule has 3 heteroatoms. The van der Waals surface area contributed by atoms with Crippen molar-refractivity contribution in [3.8, 4) is 0 Å². The molecule has 0 aliphatic carbocycles. The Balaban J connectivity index is 2.18. The van der Waals surface area contributed by atoms with Gasteiger partial charge in [-0.15, -0.1) is 0 Å². The van der Waals surface area contributed by atoms with Gasteiger partial charge in [-0.3, -0.25) is 0 Å². The maximum atomic E-state index is 9.20. The van der Waals surface area contributed by atoms with Crippen LogP contribution in [-0.2, 0) is 4.74 Å². The van der Waals surface area contributed by atoms with Crippen LogP contribution >= 0.6 is 0 Å². The van der Waals surface area contributed by atoms with Crippen molar-refractivity contribution in [2.75, 3.05) is 33.4 Å². The van der Waals surface area contributed by atoms with E-state index in [1.165, 1.54) is 19.4 Å². The van der Waals surface area contributed by atoms with Crippen molar-refractivity contribution < 1.29 is 9.84 Å². The summed E-state index contributed by atoms with van der Waals surface area (Å²) in [7, 11) is 1.77. The molecule has 1 heterocycles. The number of hydrogen-bond donors (Lipinski definition) is 1. The van der Waals surface area contributed by atoms with Crippen LogP contribution in [0.15, 0.2) is 0 Å². The molecule has 1 aliphatic heterocycles. The molecular formula is C11H23NO2. The second-order valence-electron chi connectivity index (χ2n) is 4.40. The Morgan fingerprint density at radius 2 is 2.36 bits per heavy atom. The molecule has 1 fully saturated rings. The molecule has 2 unspecified atom stereocenters. The lowest BCUT2D eigenvalue weighted by Crippen LogP contribution is -2.38. The predicted molar refractivity (Wildman–Crippen MR) is 57.3 cm³/mol. The van der Waals surface area contributed by atoms with Gasteiger partial charge in [0.15, 0.2) is 0 Å². The molecule has 1 rings (SSSR count). The number of hydrogen-bond acceptors (Lipinski definition) is 3. The Labute approximate surface area is 87.1 Å². The normalized spacial score (nSPS) is 26.4. The van der Waals surface area contributed by atoms with Gasteiger partial charge in [-0.05, 0) is 38.6 Å². The summed E-state index contributed by atoms with van der Waals surface area (Å²) in [4.78, 5) is 2.44. The average molecular weight is 201 g/mol. The molecule has 2 atom stereocenters. The molecule has 3 nitrogen and oxygen atoms in total. The standard InChI is InChI=1S/C11H23NO2/c1-10(13)5-7-12-6-3-4-11(8-12)9-14-2/h10-11,13H,3-9H2,1-2H3. The van der Waals surface area contributed by atoms with E-state index in [-0.39, 0.29) is 6.10 Å². The smallest absolute Gasteiger partial charge is 0.0524 e. The van der Waals surface area contributed by atoms with Gasteiger partial charge >= 0.3 is 0 Å². The quantitative estimate of drug-likeness (QED) is 0.723. The molecule has 0 bridgehead atoms. The highest BCUT2D eigenvalue weighted by atomic mass is 16.5. The summed E-state index contributed by atoms with van der Waals surface area (Å²) in [6, 6.07) is 0. The van der Waals surface area contributed by atoms with Gasteiger partial charge in [0.2, 0.25) is 0 Å². The van der Waals surface area contributed by atoms with Crippen LogP contribution in [0.5, 0.6) is 0 Å². The van der Waals surface area contributed by atoms with E-state index in [0.29, 0.717) is 5.92 Å². The molecular weight excluding hydrogens is 178 g/mol. The van der Waals surface area contributed by atoms with Crippen LogP contribution < -0.4 is 0 Å². The van der Waals surface area contributed by atoms with Gasteiger partial charge in [-0.1, -0.05) is 0 Å².